The minimum Gasteiger partial charge on any atom is -0.352 e. The van der Waals surface area contributed by atoms with Crippen LogP contribution in [-0.2, 0) is 0 Å². The fourth-order valence-electron chi connectivity index (χ4n) is 5.39. The molecule has 2 aromatic carbocycles. The zero-order valence-electron chi connectivity index (χ0n) is 20.9. The minimum atomic E-state index is -0.278. The Kier molecular flexibility index (Phi) is 5.40. The molecule has 5 heterocycles. The van der Waals surface area contributed by atoms with Crippen molar-refractivity contribution in [3.8, 4) is 22.5 Å². The van der Waals surface area contributed by atoms with Crippen LogP contribution in [0.2, 0.25) is 0 Å². The molecule has 0 aliphatic carbocycles. The molecule has 0 amide bonds. The van der Waals surface area contributed by atoms with E-state index in [1.807, 2.05) is 28.9 Å². The van der Waals surface area contributed by atoms with Crippen molar-refractivity contribution in [3.05, 3.63) is 102 Å². The summed E-state index contributed by atoms with van der Waals surface area (Å²) in [5, 5.41) is 9.79. The zero-order valence-corrected chi connectivity index (χ0v) is 20.9. The molecule has 7 nitrogen and oxygen atoms in total. The molecule has 0 spiro atoms. The highest BCUT2D eigenvalue weighted by molar-refractivity contribution is 5.97. The summed E-state index contributed by atoms with van der Waals surface area (Å²) < 4.78 is 15.8. The van der Waals surface area contributed by atoms with Gasteiger partial charge in [-0.1, -0.05) is 30.3 Å². The van der Waals surface area contributed by atoms with Gasteiger partial charge in [0.1, 0.15) is 23.0 Å². The van der Waals surface area contributed by atoms with E-state index < -0.39 is 0 Å². The van der Waals surface area contributed by atoms with Crippen molar-refractivity contribution in [1.29, 1.82) is 0 Å². The van der Waals surface area contributed by atoms with Gasteiger partial charge in [-0.2, -0.15) is 0 Å². The molecule has 6 aromatic rings. The molecule has 38 heavy (non-hydrogen) atoms. The van der Waals surface area contributed by atoms with E-state index in [9.17, 15) is 4.39 Å². The number of H-pyrrole nitrogens is 1. The third-order valence-electron chi connectivity index (χ3n) is 7.29. The van der Waals surface area contributed by atoms with Gasteiger partial charge in [-0.3, -0.25) is 0 Å². The van der Waals surface area contributed by atoms with Gasteiger partial charge < -0.3 is 15.2 Å². The van der Waals surface area contributed by atoms with Crippen LogP contribution in [0.25, 0.3) is 39.2 Å². The topological polar surface area (TPSA) is 74.1 Å². The van der Waals surface area contributed by atoms with E-state index in [0.29, 0.717) is 0 Å². The Morgan fingerprint density at radius 2 is 1.84 bits per heavy atom. The Morgan fingerprint density at radius 3 is 2.68 bits per heavy atom. The van der Waals surface area contributed by atoms with Gasteiger partial charge in [-0.25, -0.2) is 18.9 Å². The van der Waals surface area contributed by atoms with Crippen molar-refractivity contribution < 1.29 is 4.39 Å². The van der Waals surface area contributed by atoms with Crippen LogP contribution in [0.3, 0.4) is 0 Å². The number of aryl methyl sites for hydroxylation is 1. The molecule has 8 heteroatoms. The highest BCUT2D eigenvalue weighted by Crippen LogP contribution is 2.37. The number of nitrogens with zero attached hydrogens (tertiary/aromatic N) is 5. The third kappa shape index (κ3) is 3.81. The quantitative estimate of drug-likeness (QED) is 0.331. The number of imidazole rings is 1. The average Bonchev–Trinajstić information content (AvgIpc) is 3.59. The number of hydrogen-bond acceptors (Lipinski definition) is 5. The van der Waals surface area contributed by atoms with E-state index in [-0.39, 0.29) is 11.9 Å². The summed E-state index contributed by atoms with van der Waals surface area (Å²) in [6, 6.07) is 23.4. The average molecular weight is 504 g/mol. The van der Waals surface area contributed by atoms with Gasteiger partial charge in [0.15, 0.2) is 5.65 Å². The lowest BCUT2D eigenvalue weighted by Crippen LogP contribution is -2.46. The summed E-state index contributed by atoms with van der Waals surface area (Å²) >= 11 is 0. The maximum atomic E-state index is 13.8. The SMILES string of the molecule is Cc1cc(N2CCNC(c3ccccc3)C2)nn2c(-c3ccnc4[nH]ccc34)c(-c3ccc(F)cc3)nc12. The van der Waals surface area contributed by atoms with Crippen LogP contribution >= 0.6 is 0 Å². The van der Waals surface area contributed by atoms with E-state index in [2.05, 4.69) is 57.4 Å². The second-order valence-electron chi connectivity index (χ2n) is 9.70. The van der Waals surface area contributed by atoms with Crippen LogP contribution in [0.4, 0.5) is 10.2 Å². The predicted molar refractivity (Wildman–Crippen MR) is 148 cm³/mol. The Balaban J connectivity index is 1.41. The molecule has 1 aliphatic heterocycles. The summed E-state index contributed by atoms with van der Waals surface area (Å²) in [5.41, 5.74) is 7.28. The van der Waals surface area contributed by atoms with Crippen molar-refractivity contribution in [3.63, 3.8) is 0 Å². The van der Waals surface area contributed by atoms with Crippen LogP contribution in [0.15, 0.2) is 85.2 Å². The van der Waals surface area contributed by atoms with Crippen LogP contribution in [0.5, 0.6) is 0 Å². The molecule has 1 unspecified atom stereocenters. The molecule has 1 saturated heterocycles. The summed E-state index contributed by atoms with van der Waals surface area (Å²) in [5.74, 6) is 0.625. The Hall–Kier alpha value is -4.56. The fraction of sp³-hybridized carbons (Fsp3) is 0.167. The Bertz CT molecular complexity index is 1760. The number of benzene rings is 2. The van der Waals surface area contributed by atoms with Gasteiger partial charge in [-0.05, 0) is 60.5 Å². The number of hydrogen-bond donors (Lipinski definition) is 2. The molecule has 1 aliphatic rings. The van der Waals surface area contributed by atoms with E-state index in [1.165, 1.54) is 17.7 Å². The largest absolute Gasteiger partial charge is 0.352 e. The number of fused-ring (bicyclic) bond motifs is 2. The molecule has 2 N–H and O–H groups in total. The molecule has 0 bridgehead atoms. The number of anilines is 1. The van der Waals surface area contributed by atoms with Crippen LogP contribution < -0.4 is 10.2 Å². The monoisotopic (exact) mass is 503 g/mol. The number of piperazine rings is 1. The van der Waals surface area contributed by atoms with Gasteiger partial charge in [0.25, 0.3) is 0 Å². The van der Waals surface area contributed by atoms with Crippen molar-refractivity contribution >= 4 is 22.5 Å². The summed E-state index contributed by atoms with van der Waals surface area (Å²) in [7, 11) is 0. The maximum absolute atomic E-state index is 13.8. The van der Waals surface area contributed by atoms with Gasteiger partial charge in [0.05, 0.1) is 5.69 Å². The first-order valence-electron chi connectivity index (χ1n) is 12.8. The molecule has 1 fully saturated rings. The normalized spacial score (nSPS) is 15.9. The molecular formula is C30H26FN7. The highest BCUT2D eigenvalue weighted by atomic mass is 19.1. The van der Waals surface area contributed by atoms with Gasteiger partial charge in [0.2, 0.25) is 0 Å². The lowest BCUT2D eigenvalue weighted by Gasteiger charge is -2.34. The molecule has 0 saturated carbocycles. The summed E-state index contributed by atoms with van der Waals surface area (Å²) in [6.07, 6.45) is 3.68. The van der Waals surface area contributed by atoms with E-state index in [1.54, 1.807) is 18.3 Å². The lowest BCUT2D eigenvalue weighted by atomic mass is 10.0. The second-order valence-corrected chi connectivity index (χ2v) is 9.70. The van der Waals surface area contributed by atoms with E-state index in [4.69, 9.17) is 10.1 Å². The molecule has 188 valence electrons. The summed E-state index contributed by atoms with van der Waals surface area (Å²) in [6.45, 7) is 4.60. The first kappa shape index (κ1) is 22.6. The van der Waals surface area contributed by atoms with Gasteiger partial charge in [-0.15, -0.1) is 5.10 Å². The van der Waals surface area contributed by atoms with Crippen LogP contribution in [0.1, 0.15) is 17.2 Å². The Labute approximate surface area is 219 Å². The molecule has 7 rings (SSSR count). The van der Waals surface area contributed by atoms with Crippen LogP contribution in [-0.4, -0.2) is 44.2 Å². The molecular weight excluding hydrogens is 477 g/mol. The number of halogens is 1. The molecule has 0 radical (unpaired) electrons. The van der Waals surface area contributed by atoms with Crippen molar-refractivity contribution in [1.82, 2.24) is 29.9 Å². The Morgan fingerprint density at radius 1 is 1.00 bits per heavy atom. The number of aromatic amines is 1. The lowest BCUT2D eigenvalue weighted by molar-refractivity contribution is 0.468. The molecule has 4 aromatic heterocycles. The van der Waals surface area contributed by atoms with Crippen molar-refractivity contribution in [2.75, 3.05) is 24.5 Å². The maximum Gasteiger partial charge on any atom is 0.158 e. The summed E-state index contributed by atoms with van der Waals surface area (Å²) in [4.78, 5) is 15.1. The van der Waals surface area contributed by atoms with Crippen LogP contribution in [0, 0.1) is 12.7 Å². The fourth-order valence-corrected chi connectivity index (χ4v) is 5.39. The van der Waals surface area contributed by atoms with E-state index in [0.717, 1.165) is 70.2 Å². The second kappa shape index (κ2) is 9.08. The number of pyridine rings is 1. The molecule has 1 atom stereocenters. The number of rotatable bonds is 4. The number of nitrogens with one attached hydrogen (secondary N) is 2. The van der Waals surface area contributed by atoms with Gasteiger partial charge in [0, 0.05) is 54.6 Å². The van der Waals surface area contributed by atoms with Crippen molar-refractivity contribution in [2.24, 2.45) is 0 Å². The highest BCUT2D eigenvalue weighted by Gasteiger charge is 2.25. The minimum absolute atomic E-state index is 0.222. The first-order valence-corrected chi connectivity index (χ1v) is 12.8. The standard InChI is InChI=1S/C30H26FN7/c1-19-17-26(37-16-15-32-25(18-37)20-5-3-2-4-6-20)36-38-28(23-11-13-33-29-24(23)12-14-34-29)27(35-30(19)38)21-7-9-22(31)10-8-21/h2-14,17,25,32H,15-16,18H2,1H3,(H,33,34). The van der Waals surface area contributed by atoms with Gasteiger partial charge >= 0.3 is 0 Å². The van der Waals surface area contributed by atoms with E-state index >= 15 is 0 Å². The third-order valence-corrected chi connectivity index (χ3v) is 7.29. The predicted octanol–water partition coefficient (Wildman–Crippen LogP) is 5.54. The van der Waals surface area contributed by atoms with Crippen molar-refractivity contribution in [2.45, 2.75) is 13.0 Å². The first-order chi connectivity index (χ1) is 18.7. The smallest absolute Gasteiger partial charge is 0.158 e. The zero-order chi connectivity index (χ0) is 25.6. The number of aromatic nitrogens is 5.